The Bertz CT molecular complexity index is 403. The van der Waals surface area contributed by atoms with Crippen LogP contribution in [0.2, 0.25) is 18.1 Å². The van der Waals surface area contributed by atoms with Crippen molar-refractivity contribution in [2.45, 2.75) is 88.5 Å². The molecule has 1 N–H and O–H groups in total. The van der Waals surface area contributed by atoms with Crippen LogP contribution in [0.5, 0.6) is 0 Å². The van der Waals surface area contributed by atoms with E-state index < -0.39 is 13.9 Å². The lowest BCUT2D eigenvalue weighted by Crippen LogP contribution is -2.51. The summed E-state index contributed by atoms with van der Waals surface area (Å²) in [6.07, 6.45) is 2.80. The van der Waals surface area contributed by atoms with E-state index in [0.717, 1.165) is 19.3 Å². The van der Waals surface area contributed by atoms with Crippen molar-refractivity contribution >= 4 is 8.32 Å². The molecule has 0 radical (unpaired) electrons. The van der Waals surface area contributed by atoms with Gasteiger partial charge in [0.1, 0.15) is 6.10 Å². The average molecular weight is 284 g/mol. The maximum atomic E-state index is 10.8. The SMILES string of the molecule is CC1C[C@@]2(O)C[C@@H]3C[C@]3(O[Si](C)(C)C(C)(C)C)[C@H]2O1. The molecule has 1 heterocycles. The van der Waals surface area contributed by atoms with Crippen LogP contribution in [0.25, 0.3) is 0 Å². The van der Waals surface area contributed by atoms with Gasteiger partial charge < -0.3 is 14.3 Å². The first-order chi connectivity index (χ1) is 8.50. The average Bonchev–Trinajstić information content (AvgIpc) is 2.64. The molecule has 0 bridgehead atoms. The largest absolute Gasteiger partial charge is 0.408 e. The summed E-state index contributed by atoms with van der Waals surface area (Å²) in [6.45, 7) is 13.5. The van der Waals surface area contributed by atoms with Crippen LogP contribution in [0.15, 0.2) is 0 Å². The first-order valence-corrected chi connectivity index (χ1v) is 10.5. The van der Waals surface area contributed by atoms with E-state index in [1.807, 2.05) is 0 Å². The van der Waals surface area contributed by atoms with Crippen LogP contribution in [0.1, 0.15) is 47.0 Å². The molecule has 1 saturated heterocycles. The quantitative estimate of drug-likeness (QED) is 0.792. The second-order valence-electron chi connectivity index (χ2n) is 8.56. The van der Waals surface area contributed by atoms with Crippen molar-refractivity contribution in [2.24, 2.45) is 5.92 Å². The molecule has 1 unspecified atom stereocenters. The van der Waals surface area contributed by atoms with Gasteiger partial charge in [0.2, 0.25) is 0 Å². The van der Waals surface area contributed by atoms with Gasteiger partial charge >= 0.3 is 0 Å². The van der Waals surface area contributed by atoms with E-state index >= 15 is 0 Å². The van der Waals surface area contributed by atoms with Crippen molar-refractivity contribution in [1.29, 1.82) is 0 Å². The molecule has 0 aromatic carbocycles. The number of rotatable bonds is 2. The van der Waals surface area contributed by atoms with Crippen molar-refractivity contribution < 1.29 is 14.3 Å². The third-order valence-electron chi connectivity index (χ3n) is 5.89. The Kier molecular flexibility index (Phi) is 2.70. The van der Waals surface area contributed by atoms with E-state index in [0.29, 0.717) is 5.92 Å². The predicted molar refractivity (Wildman–Crippen MR) is 77.6 cm³/mol. The third-order valence-corrected chi connectivity index (χ3v) is 10.4. The van der Waals surface area contributed by atoms with Gasteiger partial charge in [0.15, 0.2) is 8.32 Å². The molecule has 2 saturated carbocycles. The summed E-state index contributed by atoms with van der Waals surface area (Å²) >= 11 is 0. The van der Waals surface area contributed by atoms with Gasteiger partial charge in [-0.05, 0) is 43.8 Å². The molecule has 0 aromatic heterocycles. The van der Waals surface area contributed by atoms with Gasteiger partial charge in [0.05, 0.1) is 17.3 Å². The summed E-state index contributed by atoms with van der Waals surface area (Å²) < 4.78 is 12.8. The van der Waals surface area contributed by atoms with E-state index in [1.165, 1.54) is 0 Å². The monoisotopic (exact) mass is 284 g/mol. The van der Waals surface area contributed by atoms with Crippen LogP contribution in [0.4, 0.5) is 0 Å². The van der Waals surface area contributed by atoms with Crippen molar-refractivity contribution in [2.75, 3.05) is 0 Å². The molecule has 3 nitrogen and oxygen atoms in total. The highest BCUT2D eigenvalue weighted by atomic mass is 28.4. The van der Waals surface area contributed by atoms with Crippen molar-refractivity contribution in [1.82, 2.24) is 0 Å². The summed E-state index contributed by atoms with van der Waals surface area (Å²) in [6, 6.07) is 0. The Morgan fingerprint density at radius 2 is 1.84 bits per heavy atom. The van der Waals surface area contributed by atoms with Crippen molar-refractivity contribution in [3.05, 3.63) is 0 Å². The molecule has 0 amide bonds. The fourth-order valence-corrected chi connectivity index (χ4v) is 5.51. The Hall–Kier alpha value is 0.0969. The molecule has 2 aliphatic carbocycles. The lowest BCUT2D eigenvalue weighted by Gasteiger charge is -2.41. The van der Waals surface area contributed by atoms with Crippen LogP contribution >= 0.6 is 0 Å². The molecule has 5 atom stereocenters. The summed E-state index contributed by atoms with van der Waals surface area (Å²) in [5.74, 6) is 0.518. The van der Waals surface area contributed by atoms with E-state index in [-0.39, 0.29) is 22.8 Å². The number of ether oxygens (including phenoxy) is 1. The maximum absolute atomic E-state index is 10.8. The molecule has 3 fully saturated rings. The number of aliphatic hydroxyl groups is 1. The maximum Gasteiger partial charge on any atom is 0.192 e. The lowest BCUT2D eigenvalue weighted by atomic mass is 9.92. The molecule has 0 aromatic rings. The topological polar surface area (TPSA) is 38.7 Å². The Morgan fingerprint density at radius 1 is 1.21 bits per heavy atom. The van der Waals surface area contributed by atoms with E-state index in [2.05, 4.69) is 40.8 Å². The molecular weight excluding hydrogens is 256 g/mol. The van der Waals surface area contributed by atoms with Gasteiger partial charge in [-0.15, -0.1) is 0 Å². The minimum atomic E-state index is -1.81. The Balaban J connectivity index is 1.83. The van der Waals surface area contributed by atoms with E-state index in [4.69, 9.17) is 9.16 Å². The minimum Gasteiger partial charge on any atom is -0.408 e. The molecule has 19 heavy (non-hydrogen) atoms. The molecule has 110 valence electrons. The van der Waals surface area contributed by atoms with Gasteiger partial charge in [0, 0.05) is 6.42 Å². The van der Waals surface area contributed by atoms with Gasteiger partial charge in [-0.1, -0.05) is 20.8 Å². The Morgan fingerprint density at radius 3 is 2.42 bits per heavy atom. The summed E-state index contributed by atoms with van der Waals surface area (Å²) in [5.41, 5.74) is -0.785. The van der Waals surface area contributed by atoms with E-state index in [9.17, 15) is 5.11 Å². The zero-order valence-corrected chi connectivity index (χ0v) is 14.1. The number of hydrogen-bond acceptors (Lipinski definition) is 3. The summed E-state index contributed by atoms with van der Waals surface area (Å²) in [5, 5.41) is 11.0. The molecule has 0 spiro atoms. The number of fused-ring (bicyclic) bond motifs is 3. The zero-order valence-electron chi connectivity index (χ0n) is 13.1. The molecular formula is C15H28O3Si. The fourth-order valence-electron chi connectivity index (χ4n) is 3.90. The molecule has 3 aliphatic rings. The zero-order chi connectivity index (χ0) is 14.3. The highest BCUT2D eigenvalue weighted by molar-refractivity contribution is 6.74. The van der Waals surface area contributed by atoms with Gasteiger partial charge in [0.25, 0.3) is 0 Å². The van der Waals surface area contributed by atoms with Gasteiger partial charge in [-0.3, -0.25) is 0 Å². The highest BCUT2D eigenvalue weighted by Gasteiger charge is 2.76. The van der Waals surface area contributed by atoms with Crippen LogP contribution in [0, 0.1) is 5.92 Å². The normalized spacial score (nSPS) is 49.1. The van der Waals surface area contributed by atoms with Gasteiger partial charge in [-0.25, -0.2) is 0 Å². The second kappa shape index (κ2) is 3.64. The highest BCUT2D eigenvalue weighted by Crippen LogP contribution is 2.67. The van der Waals surface area contributed by atoms with Crippen molar-refractivity contribution in [3.63, 3.8) is 0 Å². The Labute approximate surface area is 117 Å². The first-order valence-electron chi connectivity index (χ1n) is 7.58. The van der Waals surface area contributed by atoms with Crippen molar-refractivity contribution in [3.8, 4) is 0 Å². The summed E-state index contributed by atoms with van der Waals surface area (Å²) in [4.78, 5) is 0. The molecule has 3 rings (SSSR count). The molecule has 4 heteroatoms. The number of hydrogen-bond donors (Lipinski definition) is 1. The first kappa shape index (κ1) is 14.1. The fraction of sp³-hybridized carbons (Fsp3) is 1.00. The standard InChI is InChI=1S/C15H28O3Si/c1-10-7-14(16)8-11-9-15(11,12(14)17-10)18-19(5,6)13(2,3)4/h10-12,16H,7-9H2,1-6H3/t10?,11-,12+,14-,15-/m1/s1. The minimum absolute atomic E-state index is 0.0888. The smallest absolute Gasteiger partial charge is 0.192 e. The van der Waals surface area contributed by atoms with Gasteiger partial charge in [-0.2, -0.15) is 0 Å². The third kappa shape index (κ3) is 1.87. The summed E-state index contributed by atoms with van der Waals surface area (Å²) in [7, 11) is -1.81. The van der Waals surface area contributed by atoms with Crippen LogP contribution < -0.4 is 0 Å². The van der Waals surface area contributed by atoms with Crippen LogP contribution in [-0.2, 0) is 9.16 Å². The lowest BCUT2D eigenvalue weighted by molar-refractivity contribution is -0.0887. The second-order valence-corrected chi connectivity index (χ2v) is 13.3. The molecule has 1 aliphatic heterocycles. The van der Waals surface area contributed by atoms with Crippen LogP contribution in [0.3, 0.4) is 0 Å². The van der Waals surface area contributed by atoms with E-state index in [1.54, 1.807) is 0 Å². The predicted octanol–water partition coefficient (Wildman–Crippen LogP) is 3.08. The van der Waals surface area contributed by atoms with Crippen LogP contribution in [-0.4, -0.2) is 36.8 Å².